The predicted octanol–water partition coefficient (Wildman–Crippen LogP) is 2.54. The number of aldehydes is 1. The highest BCUT2D eigenvalue weighted by atomic mass is 16.1. The van der Waals surface area contributed by atoms with Gasteiger partial charge in [-0.2, -0.15) is 0 Å². The van der Waals surface area contributed by atoms with Crippen molar-refractivity contribution in [2.45, 2.75) is 20.3 Å². The summed E-state index contributed by atoms with van der Waals surface area (Å²) in [6, 6.07) is 6.24. The summed E-state index contributed by atoms with van der Waals surface area (Å²) < 4.78 is 2.17. The van der Waals surface area contributed by atoms with Crippen molar-refractivity contribution in [3.05, 3.63) is 35.0 Å². The summed E-state index contributed by atoms with van der Waals surface area (Å²) in [4.78, 5) is 10.7. The molecule has 2 heteroatoms. The van der Waals surface area contributed by atoms with Crippen LogP contribution in [0.2, 0.25) is 0 Å². The van der Waals surface area contributed by atoms with Crippen molar-refractivity contribution in [1.82, 2.24) is 4.57 Å². The summed E-state index contributed by atoms with van der Waals surface area (Å²) in [5.41, 5.74) is 4.85. The molecule has 0 spiro atoms. The number of hydrogen-bond acceptors (Lipinski definition) is 1. The van der Waals surface area contributed by atoms with E-state index in [1.54, 1.807) is 0 Å². The fourth-order valence-corrected chi connectivity index (χ4v) is 2.25. The van der Waals surface area contributed by atoms with Crippen LogP contribution in [0.5, 0.6) is 0 Å². The predicted molar refractivity (Wildman–Crippen MR) is 62.2 cm³/mol. The van der Waals surface area contributed by atoms with Crippen LogP contribution in [0.1, 0.15) is 16.8 Å². The largest absolute Gasteiger partial charge is 0.347 e. The zero-order valence-electron chi connectivity index (χ0n) is 9.37. The number of rotatable bonds is 2. The first kappa shape index (κ1) is 9.97. The Bertz CT molecular complexity index is 523. The smallest absolute Gasteiger partial charge is 0.124 e. The maximum atomic E-state index is 10.7. The minimum absolute atomic E-state index is 0.507. The Hall–Kier alpha value is -1.57. The molecule has 0 saturated heterocycles. The molecule has 15 heavy (non-hydrogen) atoms. The fourth-order valence-electron chi connectivity index (χ4n) is 2.25. The van der Waals surface area contributed by atoms with Crippen LogP contribution in [0.3, 0.4) is 0 Å². The molecular formula is C13H15NO. The number of fused-ring (bicyclic) bond motifs is 1. The molecule has 78 valence electrons. The summed E-state index contributed by atoms with van der Waals surface area (Å²) in [6.07, 6.45) is 1.48. The van der Waals surface area contributed by atoms with Gasteiger partial charge in [0.2, 0.25) is 0 Å². The Morgan fingerprint density at radius 1 is 1.33 bits per heavy atom. The molecule has 0 amide bonds. The summed E-state index contributed by atoms with van der Waals surface area (Å²) in [6.45, 7) is 4.17. The van der Waals surface area contributed by atoms with Gasteiger partial charge in [-0.25, -0.2) is 0 Å². The highest BCUT2D eigenvalue weighted by Crippen LogP contribution is 2.27. The zero-order chi connectivity index (χ0) is 11.0. The van der Waals surface area contributed by atoms with E-state index >= 15 is 0 Å². The van der Waals surface area contributed by atoms with Crippen molar-refractivity contribution in [2.24, 2.45) is 7.05 Å². The van der Waals surface area contributed by atoms with Crippen molar-refractivity contribution in [3.8, 4) is 0 Å². The molecule has 1 heterocycles. The molecule has 0 bridgehead atoms. The average Bonchev–Trinajstić information content (AvgIpc) is 2.45. The summed E-state index contributed by atoms with van der Waals surface area (Å²) >= 11 is 0. The van der Waals surface area contributed by atoms with Gasteiger partial charge < -0.3 is 9.36 Å². The van der Waals surface area contributed by atoms with Gasteiger partial charge in [-0.15, -0.1) is 0 Å². The van der Waals surface area contributed by atoms with Crippen LogP contribution in [0.25, 0.3) is 10.9 Å². The number of benzene rings is 1. The lowest BCUT2D eigenvalue weighted by atomic mass is 10.1. The van der Waals surface area contributed by atoms with Gasteiger partial charge in [0.15, 0.2) is 0 Å². The standard InChI is InChI=1S/C13H15NO/c1-9-5-4-6-12-11(7-8-15)10(2)14(3)13(9)12/h4-6,8H,7H2,1-3H3. The van der Waals surface area contributed by atoms with E-state index in [1.165, 1.54) is 22.2 Å². The van der Waals surface area contributed by atoms with Crippen LogP contribution >= 0.6 is 0 Å². The third kappa shape index (κ3) is 1.37. The van der Waals surface area contributed by atoms with Crippen LogP contribution < -0.4 is 0 Å². The first-order valence-electron chi connectivity index (χ1n) is 5.14. The average molecular weight is 201 g/mol. The summed E-state index contributed by atoms with van der Waals surface area (Å²) in [5.74, 6) is 0. The monoisotopic (exact) mass is 201 g/mol. The van der Waals surface area contributed by atoms with E-state index in [0.29, 0.717) is 6.42 Å². The normalized spacial score (nSPS) is 10.9. The fraction of sp³-hybridized carbons (Fsp3) is 0.308. The summed E-state index contributed by atoms with van der Waals surface area (Å²) in [5, 5.41) is 1.21. The van der Waals surface area contributed by atoms with E-state index in [9.17, 15) is 4.79 Å². The minimum atomic E-state index is 0.507. The molecule has 0 aliphatic heterocycles. The van der Waals surface area contributed by atoms with Gasteiger partial charge in [0.1, 0.15) is 6.29 Å². The molecule has 1 aromatic heterocycles. The van der Waals surface area contributed by atoms with Crippen LogP contribution in [-0.2, 0) is 18.3 Å². The molecule has 0 unspecified atom stereocenters. The lowest BCUT2D eigenvalue weighted by Crippen LogP contribution is -1.93. The Balaban J connectivity index is 2.86. The zero-order valence-corrected chi connectivity index (χ0v) is 9.37. The number of carbonyl (C=O) groups is 1. The lowest BCUT2D eigenvalue weighted by Gasteiger charge is -2.01. The molecule has 0 atom stereocenters. The van der Waals surface area contributed by atoms with Gasteiger partial charge in [-0.3, -0.25) is 0 Å². The van der Waals surface area contributed by atoms with Crippen LogP contribution in [-0.4, -0.2) is 10.9 Å². The number of para-hydroxylation sites is 1. The Morgan fingerprint density at radius 2 is 2.07 bits per heavy atom. The third-order valence-corrected chi connectivity index (χ3v) is 3.13. The van der Waals surface area contributed by atoms with Crippen molar-refractivity contribution in [1.29, 1.82) is 0 Å². The number of aromatic nitrogens is 1. The molecule has 0 radical (unpaired) electrons. The van der Waals surface area contributed by atoms with Crippen LogP contribution in [0, 0.1) is 13.8 Å². The molecule has 2 aromatic rings. The highest BCUT2D eigenvalue weighted by Gasteiger charge is 2.12. The number of aryl methyl sites for hydroxylation is 2. The lowest BCUT2D eigenvalue weighted by molar-refractivity contribution is -0.107. The second-order valence-corrected chi connectivity index (χ2v) is 3.96. The SMILES string of the molecule is Cc1cccc2c(CC=O)c(C)n(C)c12. The third-order valence-electron chi connectivity index (χ3n) is 3.13. The maximum absolute atomic E-state index is 10.7. The Labute approximate surface area is 89.5 Å². The topological polar surface area (TPSA) is 22.0 Å². The number of hydrogen-bond donors (Lipinski definition) is 0. The highest BCUT2D eigenvalue weighted by molar-refractivity contribution is 5.89. The van der Waals surface area contributed by atoms with Crippen molar-refractivity contribution in [2.75, 3.05) is 0 Å². The first-order valence-corrected chi connectivity index (χ1v) is 5.14. The summed E-state index contributed by atoms with van der Waals surface area (Å²) in [7, 11) is 2.05. The van der Waals surface area contributed by atoms with Gasteiger partial charge in [0.05, 0.1) is 5.52 Å². The van der Waals surface area contributed by atoms with Gasteiger partial charge in [-0.1, -0.05) is 18.2 Å². The molecular weight excluding hydrogens is 186 g/mol. The van der Waals surface area contributed by atoms with Gasteiger partial charge >= 0.3 is 0 Å². The Morgan fingerprint density at radius 3 is 2.73 bits per heavy atom. The van der Waals surface area contributed by atoms with E-state index < -0.39 is 0 Å². The second kappa shape index (κ2) is 3.54. The van der Waals surface area contributed by atoms with Crippen LogP contribution in [0.4, 0.5) is 0 Å². The second-order valence-electron chi connectivity index (χ2n) is 3.96. The van der Waals surface area contributed by atoms with Crippen molar-refractivity contribution in [3.63, 3.8) is 0 Å². The first-order chi connectivity index (χ1) is 7.16. The van der Waals surface area contributed by atoms with E-state index in [4.69, 9.17) is 0 Å². The molecule has 0 saturated carbocycles. The van der Waals surface area contributed by atoms with Gasteiger partial charge in [0, 0.05) is 24.5 Å². The van der Waals surface area contributed by atoms with Gasteiger partial charge in [-0.05, 0) is 25.0 Å². The molecule has 0 aliphatic carbocycles. The molecule has 0 N–H and O–H groups in total. The van der Waals surface area contributed by atoms with E-state index in [1.807, 2.05) is 6.07 Å². The van der Waals surface area contributed by atoms with Crippen molar-refractivity contribution >= 4 is 17.2 Å². The Kier molecular flexibility index (Phi) is 2.35. The van der Waals surface area contributed by atoms with E-state index in [-0.39, 0.29) is 0 Å². The molecule has 1 aromatic carbocycles. The van der Waals surface area contributed by atoms with E-state index in [0.717, 1.165) is 11.8 Å². The molecule has 0 fully saturated rings. The molecule has 2 rings (SSSR count). The minimum Gasteiger partial charge on any atom is -0.347 e. The molecule has 2 nitrogen and oxygen atoms in total. The number of nitrogens with zero attached hydrogens (tertiary/aromatic N) is 1. The maximum Gasteiger partial charge on any atom is 0.124 e. The molecule has 0 aliphatic rings. The van der Waals surface area contributed by atoms with Gasteiger partial charge in [0.25, 0.3) is 0 Å². The van der Waals surface area contributed by atoms with Crippen LogP contribution in [0.15, 0.2) is 18.2 Å². The van der Waals surface area contributed by atoms with E-state index in [2.05, 4.69) is 37.6 Å². The quantitative estimate of drug-likeness (QED) is 0.684. The van der Waals surface area contributed by atoms with Crippen molar-refractivity contribution < 1.29 is 4.79 Å². The number of carbonyl (C=O) groups excluding carboxylic acids is 1.